The van der Waals surface area contributed by atoms with Crippen LogP contribution in [-0.4, -0.2) is 33.4 Å². The van der Waals surface area contributed by atoms with Gasteiger partial charge in [-0.05, 0) is 44.9 Å². The van der Waals surface area contributed by atoms with Crippen LogP contribution in [0.1, 0.15) is 46.5 Å². The zero-order chi connectivity index (χ0) is 15.0. The van der Waals surface area contributed by atoms with Gasteiger partial charge in [0.2, 0.25) is 5.79 Å². The Balaban J connectivity index is 1.85. The molecule has 2 bridgehead atoms. The molecule has 1 spiro atoms. The van der Waals surface area contributed by atoms with E-state index in [1.54, 1.807) is 0 Å². The van der Waals surface area contributed by atoms with E-state index in [1.165, 1.54) is 0 Å². The van der Waals surface area contributed by atoms with Crippen molar-refractivity contribution in [2.45, 2.75) is 74.7 Å². The lowest BCUT2D eigenvalue weighted by Gasteiger charge is -2.61. The number of ether oxygens (including phenoxy) is 2. The fourth-order valence-corrected chi connectivity index (χ4v) is 5.56. The van der Waals surface area contributed by atoms with Gasteiger partial charge in [0.05, 0.1) is 4.32 Å². The van der Waals surface area contributed by atoms with Crippen LogP contribution in [-0.2, 0) is 19.2 Å². The van der Waals surface area contributed by atoms with Crippen LogP contribution < -0.4 is 0 Å². The molecule has 0 aromatic rings. The number of rotatable bonds is 0. The molecule has 4 saturated heterocycles. The van der Waals surface area contributed by atoms with Gasteiger partial charge in [0, 0.05) is 12.3 Å². The van der Waals surface area contributed by atoms with E-state index in [9.17, 15) is 5.11 Å². The fourth-order valence-electron chi connectivity index (χ4n) is 4.86. The average Bonchev–Trinajstić information content (AvgIpc) is 2.63. The second-order valence-electron chi connectivity index (χ2n) is 7.50. The summed E-state index contributed by atoms with van der Waals surface area (Å²) >= 11 is 3.69. The van der Waals surface area contributed by atoms with Gasteiger partial charge in [-0.2, -0.15) is 0 Å². The van der Waals surface area contributed by atoms with Gasteiger partial charge < -0.3 is 14.6 Å². The minimum atomic E-state index is -0.918. The normalized spacial score (nSPS) is 63.0. The Morgan fingerprint density at radius 2 is 1.90 bits per heavy atom. The maximum absolute atomic E-state index is 10.4. The Hall–Kier alpha value is 0.280. The summed E-state index contributed by atoms with van der Waals surface area (Å²) < 4.78 is 11.4. The maximum atomic E-state index is 10.4. The summed E-state index contributed by atoms with van der Waals surface area (Å²) in [4.78, 5) is 11.7. The number of hydrogen-bond acceptors (Lipinski definition) is 5. The predicted octanol–water partition coefficient (Wildman–Crippen LogP) is 2.70. The van der Waals surface area contributed by atoms with Crippen molar-refractivity contribution in [3.63, 3.8) is 0 Å². The molecule has 0 aromatic heterocycles. The lowest BCUT2D eigenvalue weighted by molar-refractivity contribution is -0.574. The Morgan fingerprint density at radius 3 is 2.67 bits per heavy atom. The average molecular weight is 363 g/mol. The molecule has 4 aliphatic heterocycles. The molecule has 3 unspecified atom stereocenters. The molecule has 1 saturated carbocycles. The van der Waals surface area contributed by atoms with Crippen molar-refractivity contribution >= 4 is 15.9 Å². The van der Waals surface area contributed by atoms with Crippen LogP contribution in [0.2, 0.25) is 0 Å². The van der Waals surface area contributed by atoms with Gasteiger partial charge in [-0.25, -0.2) is 9.78 Å². The third kappa shape index (κ3) is 1.80. The van der Waals surface area contributed by atoms with Gasteiger partial charge in [-0.15, -0.1) is 0 Å². The van der Waals surface area contributed by atoms with Crippen LogP contribution in [0.15, 0.2) is 0 Å². The monoisotopic (exact) mass is 362 g/mol. The van der Waals surface area contributed by atoms with Crippen molar-refractivity contribution in [3.8, 4) is 0 Å². The second-order valence-corrected chi connectivity index (χ2v) is 9.20. The summed E-state index contributed by atoms with van der Waals surface area (Å²) in [6, 6.07) is 0. The van der Waals surface area contributed by atoms with Crippen molar-refractivity contribution in [1.29, 1.82) is 0 Å². The number of aliphatic hydroxyl groups excluding tert-OH is 1. The van der Waals surface area contributed by atoms with Crippen molar-refractivity contribution in [1.82, 2.24) is 0 Å². The standard InChI is InChI=1S/C15H23BrO5/c1-8-4-5-10-14(3,16)11(17)18-12-15(10)9(8)6-7-13(2,19-12)20-21-15/h8-12,17H,4-7H2,1-3H3/t8-,9+,10+,11?,12?,13-,14?,15-/m1/s1. The first-order valence-corrected chi connectivity index (χ1v) is 8.66. The van der Waals surface area contributed by atoms with Crippen LogP contribution in [0.3, 0.4) is 0 Å². The second kappa shape index (κ2) is 4.42. The highest BCUT2D eigenvalue weighted by Gasteiger charge is 2.72. The van der Waals surface area contributed by atoms with Gasteiger partial charge in [0.1, 0.15) is 0 Å². The van der Waals surface area contributed by atoms with E-state index < -0.39 is 28.3 Å². The summed E-state index contributed by atoms with van der Waals surface area (Å²) in [5, 5.41) is 10.4. The molecule has 4 heterocycles. The Labute approximate surface area is 133 Å². The number of halogens is 1. The van der Waals surface area contributed by atoms with Gasteiger partial charge in [0.15, 0.2) is 18.2 Å². The first-order valence-electron chi connectivity index (χ1n) is 7.87. The van der Waals surface area contributed by atoms with Gasteiger partial charge in [0.25, 0.3) is 0 Å². The molecule has 5 nitrogen and oxygen atoms in total. The van der Waals surface area contributed by atoms with Crippen LogP contribution >= 0.6 is 15.9 Å². The van der Waals surface area contributed by atoms with Crippen LogP contribution in [0.25, 0.3) is 0 Å². The predicted molar refractivity (Wildman–Crippen MR) is 77.2 cm³/mol. The number of fused-ring (bicyclic) bond motifs is 2. The highest BCUT2D eigenvalue weighted by atomic mass is 79.9. The van der Waals surface area contributed by atoms with E-state index in [0.717, 1.165) is 25.7 Å². The Kier molecular flexibility index (Phi) is 3.13. The minimum absolute atomic E-state index is 0.0857. The SMILES string of the molecule is C[C@@H]1CC[C@H]2C(C)(Br)C(O)OC3O[C@@]4(C)CC[C@@H]1[C@]32OO4. The van der Waals surface area contributed by atoms with Crippen LogP contribution in [0.4, 0.5) is 0 Å². The largest absolute Gasteiger partial charge is 0.367 e. The molecule has 5 aliphatic rings. The van der Waals surface area contributed by atoms with Crippen LogP contribution in [0.5, 0.6) is 0 Å². The molecular weight excluding hydrogens is 340 g/mol. The summed E-state index contributed by atoms with van der Waals surface area (Å²) in [5.41, 5.74) is -0.634. The third-order valence-electron chi connectivity index (χ3n) is 6.13. The van der Waals surface area contributed by atoms with Crippen LogP contribution in [0, 0.1) is 17.8 Å². The molecule has 0 aromatic carbocycles. The summed E-state index contributed by atoms with van der Waals surface area (Å²) in [7, 11) is 0. The lowest BCUT2D eigenvalue weighted by Crippen LogP contribution is -2.73. The molecule has 0 amide bonds. The third-order valence-corrected chi connectivity index (χ3v) is 7.08. The number of alkyl halides is 1. The maximum Gasteiger partial charge on any atom is 0.201 e. The molecular formula is C15H23BrO5. The molecule has 8 atom stereocenters. The van der Waals surface area contributed by atoms with Gasteiger partial charge >= 0.3 is 0 Å². The zero-order valence-corrected chi connectivity index (χ0v) is 14.3. The fraction of sp³-hybridized carbons (Fsp3) is 1.00. The zero-order valence-electron chi connectivity index (χ0n) is 12.7. The molecule has 0 radical (unpaired) electrons. The minimum Gasteiger partial charge on any atom is -0.367 e. The smallest absolute Gasteiger partial charge is 0.201 e. The van der Waals surface area contributed by atoms with E-state index in [4.69, 9.17) is 19.2 Å². The summed E-state index contributed by atoms with van der Waals surface area (Å²) in [5.74, 6) is 0.146. The lowest BCUT2D eigenvalue weighted by atomic mass is 9.58. The van der Waals surface area contributed by atoms with Crippen molar-refractivity contribution in [2.24, 2.45) is 17.8 Å². The Bertz CT molecular complexity index is 457. The molecule has 6 heteroatoms. The van der Waals surface area contributed by atoms with E-state index in [0.29, 0.717) is 11.8 Å². The first-order chi connectivity index (χ1) is 9.80. The van der Waals surface area contributed by atoms with Gasteiger partial charge in [-0.1, -0.05) is 22.9 Å². The van der Waals surface area contributed by atoms with E-state index in [-0.39, 0.29) is 5.92 Å². The summed E-state index contributed by atoms with van der Waals surface area (Å²) in [6.45, 7) is 6.13. The van der Waals surface area contributed by atoms with Crippen molar-refractivity contribution in [2.75, 3.05) is 0 Å². The van der Waals surface area contributed by atoms with Crippen molar-refractivity contribution in [3.05, 3.63) is 0 Å². The molecule has 5 fully saturated rings. The van der Waals surface area contributed by atoms with E-state index in [2.05, 4.69) is 22.9 Å². The molecule has 1 aliphatic carbocycles. The van der Waals surface area contributed by atoms with E-state index in [1.807, 2.05) is 13.8 Å². The van der Waals surface area contributed by atoms with E-state index >= 15 is 0 Å². The molecule has 5 rings (SSSR count). The Morgan fingerprint density at radius 1 is 1.14 bits per heavy atom. The van der Waals surface area contributed by atoms with Crippen molar-refractivity contribution < 1.29 is 24.4 Å². The molecule has 120 valence electrons. The highest BCUT2D eigenvalue weighted by molar-refractivity contribution is 9.10. The number of aliphatic hydroxyl groups is 1. The number of hydrogen-bond donors (Lipinski definition) is 1. The topological polar surface area (TPSA) is 57.2 Å². The molecule has 1 N–H and O–H groups in total. The quantitative estimate of drug-likeness (QED) is 0.530. The van der Waals surface area contributed by atoms with Gasteiger partial charge in [-0.3, -0.25) is 0 Å². The summed E-state index contributed by atoms with van der Waals surface area (Å²) in [6.07, 6.45) is 2.37. The first kappa shape index (κ1) is 14.8. The highest BCUT2D eigenvalue weighted by Crippen LogP contribution is 2.62. The molecule has 21 heavy (non-hydrogen) atoms.